The summed E-state index contributed by atoms with van der Waals surface area (Å²) in [4.78, 5) is 0. The SMILES string of the molecule is CCO[Si](CCCS)(OCC)OCC.ClCCl. The van der Waals surface area contributed by atoms with Gasteiger partial charge in [0, 0.05) is 25.9 Å². The van der Waals surface area contributed by atoms with Gasteiger partial charge in [0.25, 0.3) is 0 Å². The third kappa shape index (κ3) is 11.8. The second kappa shape index (κ2) is 15.1. The first-order valence-electron chi connectivity index (χ1n) is 5.80. The van der Waals surface area contributed by atoms with Crippen LogP contribution in [0.15, 0.2) is 0 Å². The van der Waals surface area contributed by atoms with Crippen molar-refractivity contribution in [3.05, 3.63) is 0 Å². The minimum Gasteiger partial charge on any atom is -0.374 e. The Morgan fingerprint density at radius 1 is 0.941 bits per heavy atom. The van der Waals surface area contributed by atoms with Crippen molar-refractivity contribution in [1.29, 1.82) is 0 Å². The third-order valence-electron chi connectivity index (χ3n) is 1.73. The van der Waals surface area contributed by atoms with Gasteiger partial charge in [0.1, 0.15) is 0 Å². The van der Waals surface area contributed by atoms with Crippen molar-refractivity contribution in [2.24, 2.45) is 0 Å². The van der Waals surface area contributed by atoms with Gasteiger partial charge in [-0.1, -0.05) is 0 Å². The second-order valence-electron chi connectivity index (χ2n) is 2.91. The van der Waals surface area contributed by atoms with Gasteiger partial charge in [0.15, 0.2) is 0 Å². The monoisotopic (exact) mass is 322 g/mol. The molecule has 0 amide bonds. The van der Waals surface area contributed by atoms with E-state index >= 15 is 0 Å². The Balaban J connectivity index is 0. The molecule has 0 N–H and O–H groups in total. The molecule has 0 unspecified atom stereocenters. The van der Waals surface area contributed by atoms with E-state index in [4.69, 9.17) is 36.5 Å². The van der Waals surface area contributed by atoms with Crippen molar-refractivity contribution < 1.29 is 13.3 Å². The van der Waals surface area contributed by atoms with Gasteiger partial charge in [-0.2, -0.15) is 12.6 Å². The molecule has 3 nitrogen and oxygen atoms in total. The average Bonchev–Trinajstić information content (AvgIpc) is 2.29. The summed E-state index contributed by atoms with van der Waals surface area (Å²) in [5.41, 5.74) is 0. The fourth-order valence-electron chi connectivity index (χ4n) is 1.30. The Kier molecular flexibility index (Phi) is 18.1. The lowest BCUT2D eigenvalue weighted by atomic mass is 10.6. The normalized spacial score (nSPS) is 10.9. The molecule has 0 spiro atoms. The highest BCUT2D eigenvalue weighted by Gasteiger charge is 2.39. The standard InChI is InChI=1S/C9H22O3SSi.CH2Cl2/c1-4-10-14(11-5-2,12-6-3)9-7-8-13;2-1-3/h13H,4-9H2,1-3H3;1H2. The van der Waals surface area contributed by atoms with E-state index in [1.807, 2.05) is 20.8 Å². The predicted molar refractivity (Wildman–Crippen MR) is 80.5 cm³/mol. The Labute approximate surface area is 122 Å². The van der Waals surface area contributed by atoms with Crippen molar-refractivity contribution >= 4 is 44.6 Å². The zero-order valence-corrected chi connectivity index (χ0v) is 14.3. The van der Waals surface area contributed by atoms with Gasteiger partial charge in [-0.15, -0.1) is 23.2 Å². The van der Waals surface area contributed by atoms with Gasteiger partial charge >= 0.3 is 8.80 Å². The van der Waals surface area contributed by atoms with Crippen LogP contribution in [0.2, 0.25) is 6.04 Å². The van der Waals surface area contributed by atoms with Crippen LogP contribution in [0.3, 0.4) is 0 Å². The van der Waals surface area contributed by atoms with Crippen LogP contribution >= 0.6 is 35.8 Å². The van der Waals surface area contributed by atoms with E-state index in [9.17, 15) is 0 Å². The number of halogens is 2. The molecule has 0 aliphatic heterocycles. The van der Waals surface area contributed by atoms with Crippen molar-refractivity contribution in [1.82, 2.24) is 0 Å². The Bertz CT molecular complexity index is 138. The van der Waals surface area contributed by atoms with E-state index in [2.05, 4.69) is 12.6 Å². The van der Waals surface area contributed by atoms with E-state index in [1.165, 1.54) is 0 Å². The third-order valence-corrected chi connectivity index (χ3v) is 5.20. The first-order chi connectivity index (χ1) is 8.16. The second-order valence-corrected chi connectivity index (χ2v) is 6.90. The minimum absolute atomic E-state index is 0.194. The molecule has 0 bridgehead atoms. The quantitative estimate of drug-likeness (QED) is 0.398. The molecule has 0 saturated carbocycles. The summed E-state index contributed by atoms with van der Waals surface area (Å²) >= 11 is 13.7. The molecule has 0 aliphatic rings. The lowest BCUT2D eigenvalue weighted by Crippen LogP contribution is -2.46. The molecule has 0 rings (SSSR count). The molecule has 7 heteroatoms. The Morgan fingerprint density at radius 2 is 1.29 bits per heavy atom. The predicted octanol–water partition coefficient (Wildman–Crippen LogP) is 3.78. The summed E-state index contributed by atoms with van der Waals surface area (Å²) in [7, 11) is -2.37. The molecule has 0 radical (unpaired) electrons. The summed E-state index contributed by atoms with van der Waals surface area (Å²) in [6, 6.07) is 0.867. The van der Waals surface area contributed by atoms with Gasteiger partial charge in [-0.3, -0.25) is 0 Å². The molecule has 0 heterocycles. The maximum Gasteiger partial charge on any atom is 0.500 e. The number of hydrogen-bond donors (Lipinski definition) is 1. The van der Waals surface area contributed by atoms with Crippen LogP contribution in [0.1, 0.15) is 27.2 Å². The summed E-state index contributed by atoms with van der Waals surface area (Å²) in [6.45, 7) is 7.87. The van der Waals surface area contributed by atoms with Crippen molar-refractivity contribution in [2.45, 2.75) is 33.2 Å². The van der Waals surface area contributed by atoms with Crippen molar-refractivity contribution in [3.63, 3.8) is 0 Å². The maximum absolute atomic E-state index is 5.67. The molecule has 0 fully saturated rings. The first-order valence-corrected chi connectivity index (χ1v) is 9.44. The number of thiol groups is 1. The van der Waals surface area contributed by atoms with Gasteiger partial charge in [0.05, 0.1) is 5.34 Å². The molecular weight excluding hydrogens is 299 g/mol. The van der Waals surface area contributed by atoms with E-state index in [1.54, 1.807) is 0 Å². The molecule has 0 aromatic rings. The molecule has 0 saturated heterocycles. The number of hydrogen-bond acceptors (Lipinski definition) is 4. The zero-order chi connectivity index (χ0) is 13.6. The maximum atomic E-state index is 5.67. The lowest BCUT2D eigenvalue weighted by Gasteiger charge is -2.28. The van der Waals surface area contributed by atoms with Crippen molar-refractivity contribution in [3.8, 4) is 0 Å². The fraction of sp³-hybridized carbons (Fsp3) is 1.00. The molecule has 0 aromatic heterocycles. The Hall–Kier alpha value is 1.03. The number of alkyl halides is 2. The molecule has 0 atom stereocenters. The van der Waals surface area contributed by atoms with Crippen LogP contribution in [-0.4, -0.2) is 39.7 Å². The topological polar surface area (TPSA) is 27.7 Å². The highest BCUT2D eigenvalue weighted by Crippen LogP contribution is 2.18. The van der Waals surface area contributed by atoms with Crippen LogP contribution in [0.25, 0.3) is 0 Å². The van der Waals surface area contributed by atoms with E-state index in [0.717, 1.165) is 18.2 Å². The van der Waals surface area contributed by atoms with Crippen LogP contribution in [0.4, 0.5) is 0 Å². The van der Waals surface area contributed by atoms with Gasteiger partial charge < -0.3 is 13.3 Å². The molecule has 17 heavy (non-hydrogen) atoms. The molecular formula is C10H24Cl2O3SSi. The fourth-order valence-corrected chi connectivity index (χ4v) is 4.36. The average molecular weight is 323 g/mol. The molecule has 106 valence electrons. The summed E-state index contributed by atoms with van der Waals surface area (Å²) in [5, 5.41) is 0.194. The summed E-state index contributed by atoms with van der Waals surface area (Å²) < 4.78 is 17.0. The van der Waals surface area contributed by atoms with Gasteiger partial charge in [-0.05, 0) is 32.9 Å². The van der Waals surface area contributed by atoms with Gasteiger partial charge in [0.2, 0.25) is 0 Å². The van der Waals surface area contributed by atoms with Crippen LogP contribution < -0.4 is 0 Å². The van der Waals surface area contributed by atoms with Crippen molar-refractivity contribution in [2.75, 3.05) is 30.9 Å². The first kappa shape index (κ1) is 20.3. The van der Waals surface area contributed by atoms with Crippen LogP contribution in [0.5, 0.6) is 0 Å². The van der Waals surface area contributed by atoms with E-state index in [-0.39, 0.29) is 5.34 Å². The minimum atomic E-state index is -2.37. The Morgan fingerprint density at radius 3 is 1.53 bits per heavy atom. The van der Waals surface area contributed by atoms with E-state index < -0.39 is 8.80 Å². The number of rotatable bonds is 9. The highest BCUT2D eigenvalue weighted by atomic mass is 35.5. The smallest absolute Gasteiger partial charge is 0.374 e. The van der Waals surface area contributed by atoms with E-state index in [0.29, 0.717) is 19.8 Å². The largest absolute Gasteiger partial charge is 0.500 e. The summed E-state index contributed by atoms with van der Waals surface area (Å²) in [5.74, 6) is 0.849. The van der Waals surface area contributed by atoms with Crippen LogP contribution in [0, 0.1) is 0 Å². The zero-order valence-electron chi connectivity index (χ0n) is 10.9. The molecule has 0 aromatic carbocycles. The summed E-state index contributed by atoms with van der Waals surface area (Å²) in [6.07, 6.45) is 0.981. The highest BCUT2D eigenvalue weighted by molar-refractivity contribution is 7.80. The molecule has 0 aliphatic carbocycles. The lowest BCUT2D eigenvalue weighted by molar-refractivity contribution is 0.0712. The van der Waals surface area contributed by atoms with Crippen LogP contribution in [-0.2, 0) is 13.3 Å². The van der Waals surface area contributed by atoms with Gasteiger partial charge in [-0.25, -0.2) is 0 Å².